The van der Waals surface area contributed by atoms with Crippen LogP contribution in [0.1, 0.15) is 31.5 Å². The Bertz CT molecular complexity index is 726. The number of anilines is 1. The number of aliphatic imine (C=N–C) groups is 1. The Labute approximate surface area is 169 Å². The van der Waals surface area contributed by atoms with Gasteiger partial charge < -0.3 is 20.5 Å². The second-order valence-corrected chi connectivity index (χ2v) is 7.14. The molecule has 138 valence electrons. The molecule has 0 radical (unpaired) electrons. The number of nitrogens with zero attached hydrogens (tertiary/aromatic N) is 2. The Kier molecular flexibility index (Phi) is 7.94. The molecule has 1 heterocycles. The van der Waals surface area contributed by atoms with Crippen LogP contribution in [0.15, 0.2) is 28.6 Å². The number of halogens is 1. The fraction of sp³-hybridized carbons (Fsp3) is 0.412. The fourth-order valence-electron chi connectivity index (χ4n) is 1.98. The zero-order valence-electron chi connectivity index (χ0n) is 15.1. The average Bonchev–Trinajstić information content (AvgIpc) is 3.02. The minimum atomic E-state index is 0. The lowest BCUT2D eigenvalue weighted by molar-refractivity contribution is 0.405. The van der Waals surface area contributed by atoms with E-state index in [1.54, 1.807) is 25.6 Å². The molecule has 0 saturated heterocycles. The first kappa shape index (κ1) is 21.5. The van der Waals surface area contributed by atoms with E-state index in [-0.39, 0.29) is 29.4 Å². The highest BCUT2D eigenvalue weighted by Gasteiger charge is 2.17. The van der Waals surface area contributed by atoms with Crippen molar-refractivity contribution in [2.75, 3.05) is 19.5 Å². The molecule has 25 heavy (non-hydrogen) atoms. The van der Waals surface area contributed by atoms with E-state index in [4.69, 9.17) is 15.2 Å². The molecule has 0 aliphatic carbocycles. The number of hydrogen-bond acceptors (Lipinski definition) is 5. The summed E-state index contributed by atoms with van der Waals surface area (Å²) < 4.78 is 10.5. The molecule has 0 aliphatic heterocycles. The van der Waals surface area contributed by atoms with Gasteiger partial charge in [0.1, 0.15) is 11.5 Å². The molecule has 8 heteroatoms. The lowest BCUT2D eigenvalue weighted by Gasteiger charge is -2.13. The molecule has 1 aromatic heterocycles. The number of methoxy groups -OCH3 is 2. The number of thiazole rings is 1. The maximum absolute atomic E-state index is 5.98. The molecule has 0 amide bonds. The maximum atomic E-state index is 5.98. The van der Waals surface area contributed by atoms with E-state index in [1.807, 2.05) is 23.6 Å². The molecular weight excluding hydrogens is 451 g/mol. The molecule has 0 bridgehead atoms. The third kappa shape index (κ3) is 6.03. The molecule has 3 N–H and O–H groups in total. The number of aromatic nitrogens is 1. The van der Waals surface area contributed by atoms with Gasteiger partial charge >= 0.3 is 0 Å². The van der Waals surface area contributed by atoms with E-state index in [2.05, 4.69) is 36.1 Å². The monoisotopic (exact) mass is 476 g/mol. The SMILES string of the molecule is COc1ccc(OC)c(NC(N)=NCc2csc(C(C)(C)C)n2)c1.I. The van der Waals surface area contributed by atoms with Crippen LogP contribution < -0.4 is 20.5 Å². The Morgan fingerprint density at radius 3 is 2.56 bits per heavy atom. The van der Waals surface area contributed by atoms with Gasteiger partial charge in [-0.3, -0.25) is 0 Å². The lowest BCUT2D eigenvalue weighted by atomic mass is 9.98. The van der Waals surface area contributed by atoms with Gasteiger partial charge in [0.25, 0.3) is 0 Å². The lowest BCUT2D eigenvalue weighted by Crippen LogP contribution is -2.23. The number of benzene rings is 1. The third-order valence-corrected chi connectivity index (χ3v) is 4.59. The van der Waals surface area contributed by atoms with E-state index in [0.29, 0.717) is 29.7 Å². The number of rotatable bonds is 5. The summed E-state index contributed by atoms with van der Waals surface area (Å²) in [5.41, 5.74) is 7.64. The number of nitrogens with one attached hydrogen (secondary N) is 1. The fourth-order valence-corrected chi connectivity index (χ4v) is 2.88. The van der Waals surface area contributed by atoms with Crippen LogP contribution in [0.25, 0.3) is 0 Å². The highest BCUT2D eigenvalue weighted by Crippen LogP contribution is 2.29. The molecule has 1 aromatic carbocycles. The highest BCUT2D eigenvalue weighted by molar-refractivity contribution is 14.0. The molecule has 2 rings (SSSR count). The Hall–Kier alpha value is -1.55. The third-order valence-electron chi connectivity index (χ3n) is 3.27. The summed E-state index contributed by atoms with van der Waals surface area (Å²) in [4.78, 5) is 8.95. The van der Waals surface area contributed by atoms with Gasteiger partial charge in [0.15, 0.2) is 5.96 Å². The molecule has 0 unspecified atom stereocenters. The van der Waals surface area contributed by atoms with Crippen LogP contribution in [0.4, 0.5) is 5.69 Å². The minimum Gasteiger partial charge on any atom is -0.497 e. The van der Waals surface area contributed by atoms with E-state index >= 15 is 0 Å². The first-order valence-corrected chi connectivity index (χ1v) is 8.45. The smallest absolute Gasteiger partial charge is 0.193 e. The predicted octanol–water partition coefficient (Wildman–Crippen LogP) is 4.00. The highest BCUT2D eigenvalue weighted by atomic mass is 127. The van der Waals surface area contributed by atoms with Crippen molar-refractivity contribution < 1.29 is 9.47 Å². The first-order chi connectivity index (χ1) is 11.3. The van der Waals surface area contributed by atoms with Gasteiger partial charge in [-0.25, -0.2) is 9.98 Å². The second-order valence-electron chi connectivity index (χ2n) is 6.29. The quantitative estimate of drug-likeness (QED) is 0.387. The molecule has 0 atom stereocenters. The van der Waals surface area contributed by atoms with E-state index in [9.17, 15) is 0 Å². The van der Waals surface area contributed by atoms with Gasteiger partial charge in [-0.1, -0.05) is 20.8 Å². The van der Waals surface area contributed by atoms with Crippen LogP contribution in [0.3, 0.4) is 0 Å². The van der Waals surface area contributed by atoms with Crippen molar-refractivity contribution in [3.8, 4) is 11.5 Å². The number of guanidine groups is 1. The van der Waals surface area contributed by atoms with E-state index in [1.165, 1.54) is 0 Å². The van der Waals surface area contributed by atoms with Gasteiger partial charge in [-0.05, 0) is 12.1 Å². The Balaban J connectivity index is 0.00000312. The topological polar surface area (TPSA) is 81.8 Å². The second kappa shape index (κ2) is 9.23. The van der Waals surface area contributed by atoms with Crippen molar-refractivity contribution in [1.82, 2.24) is 4.98 Å². The average molecular weight is 476 g/mol. The van der Waals surface area contributed by atoms with Gasteiger partial charge in [-0.15, -0.1) is 35.3 Å². The summed E-state index contributed by atoms with van der Waals surface area (Å²) in [6.45, 7) is 6.86. The van der Waals surface area contributed by atoms with Crippen molar-refractivity contribution in [1.29, 1.82) is 0 Å². The summed E-state index contributed by atoms with van der Waals surface area (Å²) in [6.07, 6.45) is 0. The van der Waals surface area contributed by atoms with Crippen LogP contribution >= 0.6 is 35.3 Å². The van der Waals surface area contributed by atoms with Gasteiger partial charge in [-0.2, -0.15) is 0 Å². The van der Waals surface area contributed by atoms with Crippen LogP contribution in [-0.2, 0) is 12.0 Å². The van der Waals surface area contributed by atoms with Crippen molar-refractivity contribution in [3.05, 3.63) is 34.3 Å². The number of hydrogen-bond donors (Lipinski definition) is 2. The number of nitrogens with two attached hydrogens (primary N) is 1. The molecule has 0 aliphatic rings. The zero-order chi connectivity index (χ0) is 17.7. The molecular formula is C17H25IN4O2S. The molecule has 0 spiro atoms. The van der Waals surface area contributed by atoms with E-state index < -0.39 is 0 Å². The van der Waals surface area contributed by atoms with Crippen molar-refractivity contribution in [2.24, 2.45) is 10.7 Å². The summed E-state index contributed by atoms with van der Waals surface area (Å²) in [5, 5.41) is 6.15. The van der Waals surface area contributed by atoms with Gasteiger partial charge in [0, 0.05) is 16.9 Å². The summed E-state index contributed by atoms with van der Waals surface area (Å²) in [5.74, 6) is 1.67. The van der Waals surface area contributed by atoms with Crippen LogP contribution in [-0.4, -0.2) is 25.2 Å². The predicted molar refractivity (Wildman–Crippen MR) is 115 cm³/mol. The van der Waals surface area contributed by atoms with Crippen LogP contribution in [0.2, 0.25) is 0 Å². The number of ether oxygens (including phenoxy) is 2. The normalized spacial score (nSPS) is 11.6. The summed E-state index contributed by atoms with van der Waals surface area (Å²) in [6, 6.07) is 5.44. The molecule has 0 fully saturated rings. The first-order valence-electron chi connectivity index (χ1n) is 7.57. The zero-order valence-corrected chi connectivity index (χ0v) is 18.3. The van der Waals surface area contributed by atoms with Crippen molar-refractivity contribution >= 4 is 47.0 Å². The summed E-state index contributed by atoms with van der Waals surface area (Å²) >= 11 is 1.65. The standard InChI is InChI=1S/C17H24N4O2S.HI/c1-17(2,3)15-20-11(10-24-15)9-19-16(18)21-13-8-12(22-4)6-7-14(13)23-5;/h6-8,10H,9H2,1-5H3,(H3,18,19,21);1H. The minimum absolute atomic E-state index is 0. The largest absolute Gasteiger partial charge is 0.497 e. The van der Waals surface area contributed by atoms with Gasteiger partial charge in [0.2, 0.25) is 0 Å². The Morgan fingerprint density at radius 1 is 1.28 bits per heavy atom. The maximum Gasteiger partial charge on any atom is 0.193 e. The summed E-state index contributed by atoms with van der Waals surface area (Å²) in [7, 11) is 3.21. The van der Waals surface area contributed by atoms with Crippen LogP contribution in [0, 0.1) is 0 Å². The van der Waals surface area contributed by atoms with Crippen molar-refractivity contribution in [3.63, 3.8) is 0 Å². The molecule has 2 aromatic rings. The van der Waals surface area contributed by atoms with Crippen molar-refractivity contribution in [2.45, 2.75) is 32.7 Å². The molecule has 0 saturated carbocycles. The van der Waals surface area contributed by atoms with E-state index in [0.717, 1.165) is 10.7 Å². The van der Waals surface area contributed by atoms with Crippen LogP contribution in [0.5, 0.6) is 11.5 Å². The van der Waals surface area contributed by atoms with Gasteiger partial charge in [0.05, 0.1) is 37.2 Å². The molecule has 6 nitrogen and oxygen atoms in total. The Morgan fingerprint density at radius 2 is 2.00 bits per heavy atom.